The van der Waals surface area contributed by atoms with Gasteiger partial charge in [-0.3, -0.25) is 0 Å². The van der Waals surface area contributed by atoms with Crippen molar-refractivity contribution in [3.8, 4) is 11.3 Å². The summed E-state index contributed by atoms with van der Waals surface area (Å²) in [5.41, 5.74) is 4.24. The van der Waals surface area contributed by atoms with Crippen LogP contribution < -0.4 is 0 Å². The fourth-order valence-electron chi connectivity index (χ4n) is 2.78. The first-order valence-electron chi connectivity index (χ1n) is 6.93. The molecule has 1 aromatic heterocycles. The Morgan fingerprint density at radius 2 is 1.67 bits per heavy atom. The van der Waals surface area contributed by atoms with Gasteiger partial charge in [0, 0.05) is 21.5 Å². The van der Waals surface area contributed by atoms with E-state index in [1.54, 1.807) is 0 Å². The van der Waals surface area contributed by atoms with Gasteiger partial charge in [0.05, 0.1) is 18.9 Å². The predicted molar refractivity (Wildman–Crippen MR) is 83.4 cm³/mol. The van der Waals surface area contributed by atoms with Crippen LogP contribution in [0, 0.1) is 0 Å². The third-order valence-electron chi connectivity index (χ3n) is 3.74. The van der Waals surface area contributed by atoms with Gasteiger partial charge in [-0.1, -0.05) is 41.9 Å². The van der Waals surface area contributed by atoms with Crippen LogP contribution in [0.5, 0.6) is 0 Å². The maximum Gasteiger partial charge on any atom is 0.186 e. The summed E-state index contributed by atoms with van der Waals surface area (Å²) in [5.74, 6) is 0. The van der Waals surface area contributed by atoms with Crippen LogP contribution in [0.15, 0.2) is 48.5 Å². The lowest BCUT2D eigenvalue weighted by Crippen LogP contribution is -1.99. The molecule has 3 aromatic rings. The third kappa shape index (κ3) is 2.23. The summed E-state index contributed by atoms with van der Waals surface area (Å²) in [6.07, 6.45) is -0.313. The number of hydrogen-bond donors (Lipinski definition) is 1. The summed E-state index contributed by atoms with van der Waals surface area (Å²) in [4.78, 5) is 3.47. The highest BCUT2D eigenvalue weighted by atomic mass is 35.5. The molecule has 1 aliphatic rings. The van der Waals surface area contributed by atoms with Crippen molar-refractivity contribution in [2.45, 2.75) is 6.29 Å². The van der Waals surface area contributed by atoms with Gasteiger partial charge in [-0.15, -0.1) is 0 Å². The number of benzene rings is 2. The first kappa shape index (κ1) is 12.9. The molecule has 1 fully saturated rings. The molecule has 106 valence electrons. The Kier molecular flexibility index (Phi) is 3.19. The summed E-state index contributed by atoms with van der Waals surface area (Å²) in [5, 5.41) is 1.86. The molecule has 0 unspecified atom stereocenters. The van der Waals surface area contributed by atoms with Crippen molar-refractivity contribution >= 4 is 22.5 Å². The van der Waals surface area contributed by atoms with Gasteiger partial charge in [0.25, 0.3) is 0 Å². The number of aromatic nitrogens is 1. The minimum Gasteiger partial charge on any atom is -0.354 e. The molecule has 0 amide bonds. The van der Waals surface area contributed by atoms with E-state index >= 15 is 0 Å². The molecule has 2 aromatic carbocycles. The average molecular weight is 300 g/mol. The summed E-state index contributed by atoms with van der Waals surface area (Å²) in [6.45, 7) is 1.26. The maximum atomic E-state index is 5.99. The number of H-pyrrole nitrogens is 1. The smallest absolute Gasteiger partial charge is 0.186 e. The molecule has 4 heteroatoms. The SMILES string of the molecule is Clc1ccc(-c2[nH]c3ccccc3c2C2OCCO2)cc1. The van der Waals surface area contributed by atoms with Crippen molar-refractivity contribution in [1.82, 2.24) is 4.98 Å². The zero-order valence-corrected chi connectivity index (χ0v) is 12.1. The fourth-order valence-corrected chi connectivity index (χ4v) is 2.90. The van der Waals surface area contributed by atoms with E-state index in [9.17, 15) is 0 Å². The van der Waals surface area contributed by atoms with Crippen molar-refractivity contribution < 1.29 is 9.47 Å². The van der Waals surface area contributed by atoms with Crippen molar-refractivity contribution in [2.24, 2.45) is 0 Å². The third-order valence-corrected chi connectivity index (χ3v) is 3.99. The molecule has 0 radical (unpaired) electrons. The van der Waals surface area contributed by atoms with E-state index in [-0.39, 0.29) is 6.29 Å². The van der Waals surface area contributed by atoms with Gasteiger partial charge in [0.2, 0.25) is 0 Å². The standard InChI is InChI=1S/C17H14ClNO2/c18-12-7-5-11(6-8-12)16-15(17-20-9-10-21-17)13-3-1-2-4-14(13)19-16/h1-8,17,19H,9-10H2. The van der Waals surface area contributed by atoms with Crippen molar-refractivity contribution in [2.75, 3.05) is 13.2 Å². The number of para-hydroxylation sites is 1. The lowest BCUT2D eigenvalue weighted by Gasteiger charge is -2.11. The van der Waals surface area contributed by atoms with Gasteiger partial charge < -0.3 is 14.5 Å². The lowest BCUT2D eigenvalue weighted by atomic mass is 10.0. The Bertz CT molecular complexity index is 773. The number of rotatable bonds is 2. The highest BCUT2D eigenvalue weighted by Crippen LogP contribution is 2.38. The van der Waals surface area contributed by atoms with Crippen LogP contribution in [0.25, 0.3) is 22.2 Å². The Hall–Kier alpha value is -1.81. The molecular weight excluding hydrogens is 286 g/mol. The van der Waals surface area contributed by atoms with Gasteiger partial charge in [0.1, 0.15) is 0 Å². The van der Waals surface area contributed by atoms with Crippen LogP contribution in [0.1, 0.15) is 11.9 Å². The molecule has 0 aliphatic carbocycles. The van der Waals surface area contributed by atoms with E-state index in [1.807, 2.05) is 36.4 Å². The second kappa shape index (κ2) is 5.19. The number of ether oxygens (including phenoxy) is 2. The number of nitrogens with one attached hydrogen (secondary N) is 1. The molecule has 0 saturated carbocycles. The van der Waals surface area contributed by atoms with Gasteiger partial charge in [-0.2, -0.15) is 0 Å². The molecule has 4 rings (SSSR count). The zero-order valence-electron chi connectivity index (χ0n) is 11.3. The highest BCUT2D eigenvalue weighted by Gasteiger charge is 2.26. The Morgan fingerprint density at radius 3 is 2.43 bits per heavy atom. The van der Waals surface area contributed by atoms with Crippen molar-refractivity contribution in [3.05, 3.63) is 59.1 Å². The largest absolute Gasteiger partial charge is 0.354 e. The zero-order chi connectivity index (χ0) is 14.2. The minimum absolute atomic E-state index is 0.313. The van der Waals surface area contributed by atoms with Gasteiger partial charge in [-0.25, -0.2) is 0 Å². The van der Waals surface area contributed by atoms with E-state index in [2.05, 4.69) is 17.1 Å². The van der Waals surface area contributed by atoms with Crippen molar-refractivity contribution in [3.63, 3.8) is 0 Å². The quantitative estimate of drug-likeness (QED) is 0.754. The van der Waals surface area contributed by atoms with Crippen LogP contribution in [-0.2, 0) is 9.47 Å². The van der Waals surface area contributed by atoms with Crippen LogP contribution in [-0.4, -0.2) is 18.2 Å². The van der Waals surface area contributed by atoms with Gasteiger partial charge >= 0.3 is 0 Å². The first-order valence-corrected chi connectivity index (χ1v) is 7.30. The molecule has 2 heterocycles. The minimum atomic E-state index is -0.313. The van der Waals surface area contributed by atoms with Gasteiger partial charge in [-0.05, 0) is 23.8 Å². The van der Waals surface area contributed by atoms with Crippen LogP contribution in [0.2, 0.25) is 5.02 Å². The summed E-state index contributed by atoms with van der Waals surface area (Å²) in [6, 6.07) is 16.0. The molecule has 1 aliphatic heterocycles. The summed E-state index contributed by atoms with van der Waals surface area (Å²) in [7, 11) is 0. The summed E-state index contributed by atoms with van der Waals surface area (Å²) >= 11 is 5.99. The number of fused-ring (bicyclic) bond motifs is 1. The second-order valence-corrected chi connectivity index (χ2v) is 5.48. The number of aromatic amines is 1. The molecule has 0 atom stereocenters. The maximum absolute atomic E-state index is 5.99. The monoisotopic (exact) mass is 299 g/mol. The topological polar surface area (TPSA) is 34.2 Å². The average Bonchev–Trinajstić information content (AvgIpc) is 3.14. The molecule has 0 spiro atoms. The predicted octanol–water partition coefficient (Wildman–Crippen LogP) is 4.53. The fraction of sp³-hybridized carbons (Fsp3) is 0.176. The Balaban J connectivity index is 1.94. The van der Waals surface area contributed by atoms with Crippen molar-refractivity contribution in [1.29, 1.82) is 0 Å². The van der Waals surface area contributed by atoms with E-state index in [4.69, 9.17) is 21.1 Å². The molecular formula is C17H14ClNO2. The van der Waals surface area contributed by atoms with E-state index in [0.29, 0.717) is 13.2 Å². The number of halogens is 1. The molecule has 1 saturated heterocycles. The number of hydrogen-bond acceptors (Lipinski definition) is 2. The normalized spacial score (nSPS) is 15.9. The van der Waals surface area contributed by atoms with E-state index in [0.717, 1.165) is 32.7 Å². The second-order valence-electron chi connectivity index (χ2n) is 5.04. The molecule has 1 N–H and O–H groups in total. The Morgan fingerprint density at radius 1 is 0.952 bits per heavy atom. The van der Waals surface area contributed by atoms with Crippen LogP contribution in [0.3, 0.4) is 0 Å². The van der Waals surface area contributed by atoms with E-state index in [1.165, 1.54) is 0 Å². The molecule has 0 bridgehead atoms. The lowest BCUT2D eigenvalue weighted by molar-refractivity contribution is -0.0425. The molecule has 3 nitrogen and oxygen atoms in total. The van der Waals surface area contributed by atoms with Gasteiger partial charge in [0.15, 0.2) is 6.29 Å². The van der Waals surface area contributed by atoms with Crippen LogP contribution >= 0.6 is 11.6 Å². The highest BCUT2D eigenvalue weighted by molar-refractivity contribution is 6.30. The van der Waals surface area contributed by atoms with E-state index < -0.39 is 0 Å². The Labute approximate surface area is 127 Å². The molecule has 21 heavy (non-hydrogen) atoms. The van der Waals surface area contributed by atoms with Crippen LogP contribution in [0.4, 0.5) is 0 Å². The first-order chi connectivity index (χ1) is 10.3. The summed E-state index contributed by atoms with van der Waals surface area (Å²) < 4.78 is 11.4.